The van der Waals surface area contributed by atoms with Crippen LogP contribution < -0.4 is 11.1 Å². The largest absolute Gasteiger partial charge is 0.366 e. The highest BCUT2D eigenvalue weighted by molar-refractivity contribution is 5.95. The van der Waals surface area contributed by atoms with E-state index >= 15 is 0 Å². The van der Waals surface area contributed by atoms with Gasteiger partial charge < -0.3 is 11.1 Å². The lowest BCUT2D eigenvalue weighted by Crippen LogP contribution is -2.18. The van der Waals surface area contributed by atoms with Gasteiger partial charge in [-0.1, -0.05) is 24.3 Å². The molecule has 2 aromatic carbocycles. The first-order valence-corrected chi connectivity index (χ1v) is 8.78. The molecule has 3 N–H and O–H groups in total. The van der Waals surface area contributed by atoms with Crippen LogP contribution in [0.1, 0.15) is 18.4 Å². The van der Waals surface area contributed by atoms with Crippen LogP contribution in [0.3, 0.4) is 0 Å². The van der Waals surface area contributed by atoms with Gasteiger partial charge in [-0.05, 0) is 60.0 Å². The molecule has 4 rings (SSSR count). The van der Waals surface area contributed by atoms with Crippen molar-refractivity contribution in [2.75, 3.05) is 11.1 Å². The van der Waals surface area contributed by atoms with Crippen molar-refractivity contribution in [3.63, 3.8) is 0 Å². The summed E-state index contributed by atoms with van der Waals surface area (Å²) in [5.74, 6) is -0.634. The summed E-state index contributed by atoms with van der Waals surface area (Å²) in [5.41, 5.74) is 9.69. The standard InChI is InChI=1S/C21H18FN5O/c1-13(14-2-6-17(22)7-3-14)20(28)24-18-8-4-15(5-9-18)16-10-11-27-19(12-16)25-21(23)26-27/h2-13H,1H3,(H2,23,26)(H,24,28)/t13-/m1/s1. The fourth-order valence-electron chi connectivity index (χ4n) is 2.98. The summed E-state index contributed by atoms with van der Waals surface area (Å²) in [6.45, 7) is 1.79. The number of anilines is 2. The number of halogens is 1. The average molecular weight is 375 g/mol. The molecule has 0 fully saturated rings. The summed E-state index contributed by atoms with van der Waals surface area (Å²) in [6, 6.07) is 17.3. The van der Waals surface area contributed by atoms with Crippen molar-refractivity contribution in [3.8, 4) is 11.1 Å². The minimum atomic E-state index is -0.388. The van der Waals surface area contributed by atoms with Crippen LogP contribution in [0.5, 0.6) is 0 Å². The third kappa shape index (κ3) is 3.55. The van der Waals surface area contributed by atoms with E-state index in [4.69, 9.17) is 5.73 Å². The minimum absolute atomic E-state index is 0.153. The topological polar surface area (TPSA) is 85.3 Å². The molecule has 4 aromatic rings. The van der Waals surface area contributed by atoms with E-state index in [0.29, 0.717) is 11.3 Å². The summed E-state index contributed by atoms with van der Waals surface area (Å²) < 4.78 is 14.7. The van der Waals surface area contributed by atoms with Gasteiger partial charge in [0, 0.05) is 11.9 Å². The Kier molecular flexibility index (Phi) is 4.49. The molecule has 0 spiro atoms. The van der Waals surface area contributed by atoms with E-state index in [1.807, 2.05) is 36.4 Å². The molecule has 0 saturated carbocycles. The number of rotatable bonds is 4. The number of nitrogen functional groups attached to an aromatic ring is 1. The molecule has 2 heterocycles. The van der Waals surface area contributed by atoms with Gasteiger partial charge in [-0.15, -0.1) is 5.10 Å². The zero-order valence-corrected chi connectivity index (χ0v) is 15.1. The Morgan fingerprint density at radius 3 is 2.50 bits per heavy atom. The second-order valence-corrected chi connectivity index (χ2v) is 6.53. The number of nitrogens with one attached hydrogen (secondary N) is 1. The molecule has 28 heavy (non-hydrogen) atoms. The number of fused-ring (bicyclic) bond motifs is 1. The Morgan fingerprint density at radius 1 is 1.07 bits per heavy atom. The second-order valence-electron chi connectivity index (χ2n) is 6.53. The van der Waals surface area contributed by atoms with Crippen molar-refractivity contribution in [1.82, 2.24) is 14.6 Å². The van der Waals surface area contributed by atoms with Gasteiger partial charge in [-0.2, -0.15) is 4.98 Å². The maximum absolute atomic E-state index is 13.0. The first-order valence-electron chi connectivity index (χ1n) is 8.78. The van der Waals surface area contributed by atoms with Gasteiger partial charge in [-0.25, -0.2) is 8.91 Å². The smallest absolute Gasteiger partial charge is 0.240 e. The van der Waals surface area contributed by atoms with Gasteiger partial charge in [0.05, 0.1) is 5.92 Å². The van der Waals surface area contributed by atoms with Crippen LogP contribution in [0.4, 0.5) is 16.0 Å². The monoisotopic (exact) mass is 375 g/mol. The number of pyridine rings is 1. The van der Waals surface area contributed by atoms with Crippen molar-refractivity contribution >= 4 is 23.2 Å². The van der Waals surface area contributed by atoms with Gasteiger partial charge in [0.1, 0.15) is 5.82 Å². The molecule has 0 unspecified atom stereocenters. The molecule has 2 aromatic heterocycles. The molecule has 0 bridgehead atoms. The van der Waals surface area contributed by atoms with Crippen molar-refractivity contribution < 1.29 is 9.18 Å². The number of benzene rings is 2. The molecule has 0 aliphatic carbocycles. The van der Waals surface area contributed by atoms with E-state index in [1.54, 1.807) is 29.8 Å². The lowest BCUT2D eigenvalue weighted by atomic mass is 10.00. The van der Waals surface area contributed by atoms with Crippen molar-refractivity contribution in [2.45, 2.75) is 12.8 Å². The predicted octanol–water partition coefficient (Wildman–Crippen LogP) is 3.86. The molecule has 0 radical (unpaired) electrons. The first kappa shape index (κ1) is 17.7. The maximum atomic E-state index is 13.0. The number of nitrogens with two attached hydrogens (primary N) is 1. The van der Waals surface area contributed by atoms with Crippen LogP contribution >= 0.6 is 0 Å². The Hall–Kier alpha value is -3.74. The van der Waals surface area contributed by atoms with Gasteiger partial charge >= 0.3 is 0 Å². The number of hydrogen-bond donors (Lipinski definition) is 2. The number of aromatic nitrogens is 3. The Labute approximate surface area is 160 Å². The van der Waals surface area contributed by atoms with Gasteiger partial charge in [0.15, 0.2) is 5.65 Å². The van der Waals surface area contributed by atoms with E-state index < -0.39 is 0 Å². The molecule has 1 atom stereocenters. The zero-order valence-electron chi connectivity index (χ0n) is 15.1. The number of carbonyl (C=O) groups excluding carboxylic acids is 1. The van der Waals surface area contributed by atoms with Crippen molar-refractivity contribution in [2.24, 2.45) is 0 Å². The molecule has 6 nitrogen and oxygen atoms in total. The normalized spacial score (nSPS) is 12.1. The Bertz CT molecular complexity index is 1140. The minimum Gasteiger partial charge on any atom is -0.366 e. The van der Waals surface area contributed by atoms with E-state index in [9.17, 15) is 9.18 Å². The van der Waals surface area contributed by atoms with Crippen LogP contribution in [-0.2, 0) is 4.79 Å². The van der Waals surface area contributed by atoms with Crippen LogP contribution in [-0.4, -0.2) is 20.5 Å². The highest BCUT2D eigenvalue weighted by Crippen LogP contribution is 2.24. The summed E-state index contributed by atoms with van der Waals surface area (Å²) in [4.78, 5) is 16.6. The van der Waals surface area contributed by atoms with Crippen LogP contribution in [0.25, 0.3) is 16.8 Å². The predicted molar refractivity (Wildman–Crippen MR) is 106 cm³/mol. The van der Waals surface area contributed by atoms with E-state index in [0.717, 1.165) is 16.7 Å². The maximum Gasteiger partial charge on any atom is 0.240 e. The van der Waals surface area contributed by atoms with Crippen LogP contribution in [0, 0.1) is 5.82 Å². The van der Waals surface area contributed by atoms with Crippen LogP contribution in [0.15, 0.2) is 66.9 Å². The summed E-state index contributed by atoms with van der Waals surface area (Å²) in [7, 11) is 0. The van der Waals surface area contributed by atoms with E-state index in [2.05, 4.69) is 15.4 Å². The second kappa shape index (κ2) is 7.11. The quantitative estimate of drug-likeness (QED) is 0.567. The third-order valence-electron chi connectivity index (χ3n) is 4.60. The zero-order chi connectivity index (χ0) is 19.7. The molecular weight excluding hydrogens is 357 g/mol. The lowest BCUT2D eigenvalue weighted by Gasteiger charge is -2.13. The highest BCUT2D eigenvalue weighted by atomic mass is 19.1. The Morgan fingerprint density at radius 2 is 1.79 bits per heavy atom. The average Bonchev–Trinajstić information content (AvgIpc) is 3.07. The highest BCUT2D eigenvalue weighted by Gasteiger charge is 2.15. The molecular formula is C21H18FN5O. The number of carbonyl (C=O) groups is 1. The number of hydrogen-bond acceptors (Lipinski definition) is 4. The third-order valence-corrected chi connectivity index (χ3v) is 4.60. The molecule has 0 aliphatic heterocycles. The van der Waals surface area contributed by atoms with Gasteiger partial charge in [-0.3, -0.25) is 4.79 Å². The van der Waals surface area contributed by atoms with E-state index in [1.165, 1.54) is 12.1 Å². The summed E-state index contributed by atoms with van der Waals surface area (Å²) in [5, 5.41) is 6.95. The fraction of sp³-hybridized carbons (Fsp3) is 0.0952. The van der Waals surface area contributed by atoms with E-state index in [-0.39, 0.29) is 23.6 Å². The Balaban J connectivity index is 1.49. The molecule has 7 heteroatoms. The first-order chi connectivity index (χ1) is 13.5. The number of amides is 1. The SMILES string of the molecule is C[C@@H](C(=O)Nc1ccc(-c2ccn3nc(N)nc3c2)cc1)c1ccc(F)cc1. The van der Waals surface area contributed by atoms with Crippen LogP contribution in [0.2, 0.25) is 0 Å². The van der Waals surface area contributed by atoms with Crippen molar-refractivity contribution in [1.29, 1.82) is 0 Å². The van der Waals surface area contributed by atoms with Gasteiger partial charge in [0.2, 0.25) is 11.9 Å². The van der Waals surface area contributed by atoms with Gasteiger partial charge in [0.25, 0.3) is 0 Å². The molecule has 140 valence electrons. The number of nitrogens with zero attached hydrogens (tertiary/aromatic N) is 3. The summed E-state index contributed by atoms with van der Waals surface area (Å²) >= 11 is 0. The molecule has 0 aliphatic rings. The molecule has 0 saturated heterocycles. The fourth-order valence-corrected chi connectivity index (χ4v) is 2.98. The lowest BCUT2D eigenvalue weighted by molar-refractivity contribution is -0.117. The van der Waals surface area contributed by atoms with Crippen molar-refractivity contribution in [3.05, 3.63) is 78.2 Å². The molecule has 1 amide bonds. The summed E-state index contributed by atoms with van der Waals surface area (Å²) in [6.07, 6.45) is 1.80.